The highest BCUT2D eigenvalue weighted by molar-refractivity contribution is 7.10. The van der Waals surface area contributed by atoms with E-state index in [9.17, 15) is 0 Å². The van der Waals surface area contributed by atoms with Gasteiger partial charge in [0.1, 0.15) is 5.75 Å². The first-order chi connectivity index (χ1) is 14.3. The fourth-order valence-corrected chi connectivity index (χ4v) is 7.25. The van der Waals surface area contributed by atoms with E-state index < -0.39 is 0 Å². The van der Waals surface area contributed by atoms with Gasteiger partial charge in [-0.25, -0.2) is 0 Å². The van der Waals surface area contributed by atoms with Crippen molar-refractivity contribution in [2.24, 2.45) is 11.8 Å². The summed E-state index contributed by atoms with van der Waals surface area (Å²) in [6.07, 6.45) is 10.4. The Morgan fingerprint density at radius 2 is 2.14 bits per heavy atom. The smallest absolute Gasteiger partial charge is 0.137 e. The Hall–Kier alpha value is -1.43. The zero-order chi connectivity index (χ0) is 19.3. The number of ether oxygens (including phenoxy) is 2. The van der Waals surface area contributed by atoms with E-state index in [1.165, 1.54) is 35.4 Å². The predicted molar refractivity (Wildman–Crippen MR) is 115 cm³/mol. The summed E-state index contributed by atoms with van der Waals surface area (Å²) in [6, 6.07) is 6.43. The Bertz CT molecular complexity index is 872. The van der Waals surface area contributed by atoms with Crippen molar-refractivity contribution in [2.45, 2.75) is 62.5 Å². The number of hydrogen-bond donors (Lipinski definition) is 1. The van der Waals surface area contributed by atoms with Crippen LogP contribution in [0.3, 0.4) is 0 Å². The molecule has 1 saturated heterocycles. The van der Waals surface area contributed by atoms with Gasteiger partial charge in [-0.2, -0.15) is 0 Å². The molecular weight excluding hydrogens is 380 g/mol. The topological polar surface area (TPSA) is 43.4 Å². The Kier molecular flexibility index (Phi) is 4.47. The lowest BCUT2D eigenvalue weighted by molar-refractivity contribution is -0.111. The van der Waals surface area contributed by atoms with E-state index in [0.717, 1.165) is 69.6 Å². The number of nitrogens with zero attached hydrogens (tertiary/aromatic N) is 1. The van der Waals surface area contributed by atoms with Crippen LogP contribution in [-0.2, 0) is 23.1 Å². The largest absolute Gasteiger partial charge is 0.492 e. The molecule has 0 bridgehead atoms. The fourth-order valence-electron chi connectivity index (χ4n) is 6.26. The van der Waals surface area contributed by atoms with Crippen molar-refractivity contribution in [1.82, 2.24) is 10.3 Å². The second kappa shape index (κ2) is 7.07. The van der Waals surface area contributed by atoms with Gasteiger partial charge in [-0.05, 0) is 74.4 Å². The van der Waals surface area contributed by atoms with E-state index >= 15 is 0 Å². The van der Waals surface area contributed by atoms with E-state index in [2.05, 4.69) is 22.8 Å². The number of fused-ring (bicyclic) bond motifs is 2. The molecule has 3 fully saturated rings. The van der Waals surface area contributed by atoms with E-state index in [-0.39, 0.29) is 11.0 Å². The monoisotopic (exact) mass is 410 g/mol. The average molecular weight is 411 g/mol. The lowest BCUT2D eigenvalue weighted by Crippen LogP contribution is -2.48. The Morgan fingerprint density at radius 1 is 1.21 bits per heavy atom. The number of thiophene rings is 1. The summed E-state index contributed by atoms with van der Waals surface area (Å²) in [4.78, 5) is 6.18. The quantitative estimate of drug-likeness (QED) is 0.714. The molecule has 6 rings (SSSR count). The minimum atomic E-state index is 0.117. The molecule has 29 heavy (non-hydrogen) atoms. The summed E-state index contributed by atoms with van der Waals surface area (Å²) < 4.78 is 12.3. The molecule has 0 aromatic carbocycles. The zero-order valence-corrected chi connectivity index (χ0v) is 17.8. The summed E-state index contributed by atoms with van der Waals surface area (Å²) in [5.41, 5.74) is 2.91. The molecule has 4 aliphatic rings. The molecule has 5 heteroatoms. The van der Waals surface area contributed by atoms with Crippen LogP contribution in [0, 0.1) is 11.8 Å². The van der Waals surface area contributed by atoms with Crippen LogP contribution in [0.2, 0.25) is 0 Å². The highest BCUT2D eigenvalue weighted by Crippen LogP contribution is 2.61. The first-order valence-electron chi connectivity index (χ1n) is 11.2. The second-order valence-corrected chi connectivity index (χ2v) is 10.6. The number of rotatable bonds is 6. The molecule has 2 aromatic heterocycles. The van der Waals surface area contributed by atoms with Gasteiger partial charge in [0.2, 0.25) is 0 Å². The number of nitrogens with one attached hydrogen (secondary N) is 1. The van der Waals surface area contributed by atoms with Crippen molar-refractivity contribution < 1.29 is 9.47 Å². The maximum absolute atomic E-state index is 6.46. The Labute approximate surface area is 177 Å². The third-order valence-electron chi connectivity index (χ3n) is 7.77. The van der Waals surface area contributed by atoms with Gasteiger partial charge in [-0.3, -0.25) is 4.98 Å². The van der Waals surface area contributed by atoms with Crippen molar-refractivity contribution in [3.05, 3.63) is 45.9 Å². The molecule has 1 spiro atoms. The van der Waals surface area contributed by atoms with E-state index in [4.69, 9.17) is 14.5 Å². The van der Waals surface area contributed by atoms with Crippen LogP contribution in [0.5, 0.6) is 5.75 Å². The average Bonchev–Trinajstić information content (AvgIpc) is 3.10. The molecule has 0 radical (unpaired) electrons. The molecule has 3 atom stereocenters. The van der Waals surface area contributed by atoms with Gasteiger partial charge in [0.05, 0.1) is 17.1 Å². The fraction of sp³-hybridized carbons (Fsp3) is 0.625. The second-order valence-electron chi connectivity index (χ2n) is 9.66. The SMILES string of the molecule is c1ccc(C2(CCNCc3scc4c3OCC4)CCOC3(CC4CC4C3)C2)nc1. The van der Waals surface area contributed by atoms with Crippen molar-refractivity contribution in [3.63, 3.8) is 0 Å². The Morgan fingerprint density at radius 3 is 3.00 bits per heavy atom. The minimum absolute atomic E-state index is 0.117. The van der Waals surface area contributed by atoms with Crippen molar-refractivity contribution in [3.8, 4) is 5.75 Å². The highest BCUT2D eigenvalue weighted by Gasteiger charge is 2.58. The van der Waals surface area contributed by atoms with Crippen LogP contribution < -0.4 is 10.1 Å². The lowest BCUT2D eigenvalue weighted by atomic mass is 9.67. The van der Waals surface area contributed by atoms with Crippen LogP contribution in [-0.4, -0.2) is 30.3 Å². The molecule has 1 N–H and O–H groups in total. The van der Waals surface area contributed by atoms with Crippen LogP contribution in [0.15, 0.2) is 29.8 Å². The van der Waals surface area contributed by atoms with Gasteiger partial charge >= 0.3 is 0 Å². The van der Waals surface area contributed by atoms with Crippen molar-refractivity contribution in [2.75, 3.05) is 19.8 Å². The first-order valence-corrected chi connectivity index (χ1v) is 12.1. The van der Waals surface area contributed by atoms with Gasteiger partial charge in [-0.15, -0.1) is 11.3 Å². The van der Waals surface area contributed by atoms with Gasteiger partial charge in [0, 0.05) is 42.4 Å². The summed E-state index contributed by atoms with van der Waals surface area (Å²) in [6.45, 7) is 3.64. The van der Waals surface area contributed by atoms with Gasteiger partial charge in [0.25, 0.3) is 0 Å². The summed E-state index contributed by atoms with van der Waals surface area (Å²) in [7, 11) is 0. The van der Waals surface area contributed by atoms with Crippen molar-refractivity contribution in [1.29, 1.82) is 0 Å². The van der Waals surface area contributed by atoms with Gasteiger partial charge in [-0.1, -0.05) is 6.07 Å². The molecule has 2 aliphatic carbocycles. The molecule has 2 aromatic rings. The first kappa shape index (κ1) is 18.3. The maximum atomic E-state index is 6.46. The van der Waals surface area contributed by atoms with E-state index in [1.807, 2.05) is 23.6 Å². The number of pyridine rings is 1. The Balaban J connectivity index is 1.16. The van der Waals surface area contributed by atoms with Crippen LogP contribution in [0.1, 0.15) is 54.7 Å². The summed E-state index contributed by atoms with van der Waals surface area (Å²) >= 11 is 1.83. The zero-order valence-electron chi connectivity index (χ0n) is 17.0. The normalized spacial score (nSPS) is 34.8. The van der Waals surface area contributed by atoms with Crippen molar-refractivity contribution >= 4 is 11.3 Å². The third kappa shape index (κ3) is 3.31. The molecule has 0 amide bonds. The van der Waals surface area contributed by atoms with Gasteiger partial charge in [0.15, 0.2) is 0 Å². The number of hydrogen-bond acceptors (Lipinski definition) is 5. The summed E-state index contributed by atoms with van der Waals surface area (Å²) in [5.74, 6) is 3.03. The molecule has 154 valence electrons. The summed E-state index contributed by atoms with van der Waals surface area (Å²) in [5, 5.41) is 5.98. The molecule has 2 aliphatic heterocycles. The van der Waals surface area contributed by atoms with Crippen LogP contribution in [0.25, 0.3) is 0 Å². The van der Waals surface area contributed by atoms with E-state index in [1.54, 1.807) is 0 Å². The van der Waals surface area contributed by atoms with Crippen LogP contribution >= 0.6 is 11.3 Å². The lowest BCUT2D eigenvalue weighted by Gasteiger charge is -2.47. The molecule has 4 nitrogen and oxygen atoms in total. The molecule has 2 saturated carbocycles. The highest BCUT2D eigenvalue weighted by atomic mass is 32.1. The number of aromatic nitrogens is 1. The van der Waals surface area contributed by atoms with E-state index in [0.29, 0.717) is 0 Å². The predicted octanol–water partition coefficient (Wildman–Crippen LogP) is 4.47. The standard InChI is InChI=1S/C24H30N2O2S/c1-2-7-26-21(3-1)23(6-10-28-24(16-23)12-18-11-19(18)13-24)5-8-25-14-20-22-17(15-29-20)4-9-27-22/h1-3,7,15,18-19,25H,4-6,8-14,16H2. The molecular formula is C24H30N2O2S. The maximum Gasteiger partial charge on any atom is 0.137 e. The minimum Gasteiger partial charge on any atom is -0.492 e. The van der Waals surface area contributed by atoms with Crippen LogP contribution in [0.4, 0.5) is 0 Å². The van der Waals surface area contributed by atoms with Gasteiger partial charge < -0.3 is 14.8 Å². The molecule has 3 unspecified atom stereocenters. The molecule has 4 heterocycles. The third-order valence-corrected chi connectivity index (χ3v) is 8.78.